The normalized spacial score (nSPS) is 38.4. The summed E-state index contributed by atoms with van der Waals surface area (Å²) in [5, 5.41) is 0.831. The van der Waals surface area contributed by atoms with Gasteiger partial charge in [-0.1, -0.05) is 41.6 Å². The third kappa shape index (κ3) is 3.06. The molecule has 2 aliphatic carbocycles. The molecule has 0 radical (unpaired) electrons. The highest BCUT2D eigenvalue weighted by molar-refractivity contribution is 9.09. The number of hydrogen-bond acceptors (Lipinski definition) is 2. The second-order valence-corrected chi connectivity index (χ2v) is 7.38. The standard InChI is InChI=1S/C16H26BrNO2/c17-10-15-11-20-8-7-18(15)16(19)14-6-5-12-3-1-2-4-13(12)9-14/h12-15H,1-11H2. The van der Waals surface area contributed by atoms with Crippen LogP contribution in [0.15, 0.2) is 0 Å². The van der Waals surface area contributed by atoms with Crippen molar-refractivity contribution in [3.63, 3.8) is 0 Å². The molecule has 3 rings (SSSR count). The number of halogens is 1. The number of hydrogen-bond donors (Lipinski definition) is 0. The summed E-state index contributed by atoms with van der Waals surface area (Å²) >= 11 is 3.53. The van der Waals surface area contributed by atoms with Crippen LogP contribution < -0.4 is 0 Å². The Morgan fingerprint density at radius 3 is 2.75 bits per heavy atom. The molecule has 3 aliphatic rings. The molecule has 0 spiro atoms. The van der Waals surface area contributed by atoms with E-state index in [9.17, 15) is 4.79 Å². The summed E-state index contributed by atoms with van der Waals surface area (Å²) in [4.78, 5) is 14.9. The van der Waals surface area contributed by atoms with Gasteiger partial charge in [0.1, 0.15) is 0 Å². The van der Waals surface area contributed by atoms with Crippen LogP contribution >= 0.6 is 15.9 Å². The lowest BCUT2D eigenvalue weighted by molar-refractivity contribution is -0.145. The van der Waals surface area contributed by atoms with Crippen molar-refractivity contribution in [1.29, 1.82) is 0 Å². The molecule has 4 heteroatoms. The number of amides is 1. The summed E-state index contributed by atoms with van der Waals surface area (Å²) in [7, 11) is 0. The Morgan fingerprint density at radius 2 is 1.95 bits per heavy atom. The fraction of sp³-hybridized carbons (Fsp3) is 0.938. The predicted octanol–water partition coefficient (Wildman–Crippen LogP) is 3.22. The van der Waals surface area contributed by atoms with Crippen molar-refractivity contribution in [1.82, 2.24) is 4.90 Å². The molecule has 1 saturated heterocycles. The SMILES string of the molecule is O=C(C1CCC2CCCCC2C1)N1CCOCC1CBr. The lowest BCUT2D eigenvalue weighted by Crippen LogP contribution is -2.52. The van der Waals surface area contributed by atoms with Gasteiger partial charge in [-0.3, -0.25) is 4.79 Å². The van der Waals surface area contributed by atoms with E-state index >= 15 is 0 Å². The zero-order valence-corrected chi connectivity index (χ0v) is 13.8. The van der Waals surface area contributed by atoms with E-state index in [1.54, 1.807) is 0 Å². The first-order valence-corrected chi connectivity index (χ1v) is 9.36. The van der Waals surface area contributed by atoms with Crippen LogP contribution in [0.2, 0.25) is 0 Å². The van der Waals surface area contributed by atoms with Gasteiger partial charge >= 0.3 is 0 Å². The maximum absolute atomic E-state index is 12.8. The summed E-state index contributed by atoms with van der Waals surface area (Å²) in [6, 6.07) is 0.236. The van der Waals surface area contributed by atoms with Crippen LogP contribution in [0, 0.1) is 17.8 Å². The number of carbonyl (C=O) groups excluding carboxylic acids is 1. The minimum Gasteiger partial charge on any atom is -0.377 e. The fourth-order valence-corrected chi connectivity index (χ4v) is 4.94. The molecule has 0 aromatic rings. The van der Waals surface area contributed by atoms with Crippen molar-refractivity contribution in [3.8, 4) is 0 Å². The molecule has 20 heavy (non-hydrogen) atoms. The Labute approximate surface area is 130 Å². The molecule has 0 aromatic carbocycles. The Kier molecular flexibility index (Phi) is 5.03. The Bertz CT molecular complexity index is 349. The van der Waals surface area contributed by atoms with Gasteiger partial charge < -0.3 is 9.64 Å². The molecule has 1 heterocycles. The number of carbonyl (C=O) groups is 1. The molecule has 0 aromatic heterocycles. The van der Waals surface area contributed by atoms with Gasteiger partial charge in [-0.05, 0) is 31.1 Å². The van der Waals surface area contributed by atoms with Gasteiger partial charge in [0.2, 0.25) is 5.91 Å². The van der Waals surface area contributed by atoms with Crippen LogP contribution in [0.1, 0.15) is 44.9 Å². The molecule has 0 N–H and O–H groups in total. The largest absolute Gasteiger partial charge is 0.377 e. The maximum atomic E-state index is 12.8. The number of morpholine rings is 1. The molecule has 3 fully saturated rings. The molecule has 114 valence electrons. The number of nitrogens with zero attached hydrogens (tertiary/aromatic N) is 1. The molecule has 4 atom stereocenters. The maximum Gasteiger partial charge on any atom is 0.226 e. The monoisotopic (exact) mass is 343 g/mol. The van der Waals surface area contributed by atoms with Gasteiger partial charge in [-0.15, -0.1) is 0 Å². The van der Waals surface area contributed by atoms with Crippen LogP contribution in [0.3, 0.4) is 0 Å². The van der Waals surface area contributed by atoms with Crippen LogP contribution in [0.5, 0.6) is 0 Å². The average Bonchev–Trinajstić information content (AvgIpc) is 2.53. The van der Waals surface area contributed by atoms with Crippen molar-refractivity contribution >= 4 is 21.8 Å². The lowest BCUT2D eigenvalue weighted by atomic mass is 9.67. The van der Waals surface area contributed by atoms with Gasteiger partial charge in [0.05, 0.1) is 19.3 Å². The summed E-state index contributed by atoms with van der Waals surface area (Å²) < 4.78 is 5.50. The van der Waals surface area contributed by atoms with Gasteiger partial charge in [-0.2, -0.15) is 0 Å². The van der Waals surface area contributed by atoms with Crippen molar-refractivity contribution in [2.75, 3.05) is 25.1 Å². The van der Waals surface area contributed by atoms with Crippen LogP contribution in [0.25, 0.3) is 0 Å². The highest BCUT2D eigenvalue weighted by Gasteiger charge is 2.38. The van der Waals surface area contributed by atoms with E-state index in [-0.39, 0.29) is 12.0 Å². The van der Waals surface area contributed by atoms with Crippen LogP contribution in [-0.4, -0.2) is 41.9 Å². The highest BCUT2D eigenvalue weighted by Crippen LogP contribution is 2.43. The summed E-state index contributed by atoms with van der Waals surface area (Å²) in [5.74, 6) is 2.44. The van der Waals surface area contributed by atoms with Crippen LogP contribution in [0.4, 0.5) is 0 Å². The first kappa shape index (κ1) is 14.8. The highest BCUT2D eigenvalue weighted by atomic mass is 79.9. The van der Waals surface area contributed by atoms with Crippen LogP contribution in [-0.2, 0) is 9.53 Å². The number of alkyl halides is 1. The smallest absolute Gasteiger partial charge is 0.226 e. The molecule has 0 bridgehead atoms. The number of ether oxygens (including phenoxy) is 1. The van der Waals surface area contributed by atoms with Crippen molar-refractivity contribution in [2.24, 2.45) is 17.8 Å². The van der Waals surface area contributed by atoms with Crippen molar-refractivity contribution < 1.29 is 9.53 Å². The Balaban J connectivity index is 1.61. The zero-order valence-electron chi connectivity index (χ0n) is 12.2. The quantitative estimate of drug-likeness (QED) is 0.720. The third-order valence-corrected chi connectivity index (χ3v) is 6.33. The predicted molar refractivity (Wildman–Crippen MR) is 82.9 cm³/mol. The van der Waals surface area contributed by atoms with Crippen molar-refractivity contribution in [3.05, 3.63) is 0 Å². The van der Waals surface area contributed by atoms with E-state index < -0.39 is 0 Å². The van der Waals surface area contributed by atoms with Gasteiger partial charge in [-0.25, -0.2) is 0 Å². The molecule has 3 nitrogen and oxygen atoms in total. The van der Waals surface area contributed by atoms with Gasteiger partial charge in [0.15, 0.2) is 0 Å². The zero-order chi connectivity index (χ0) is 13.9. The molecular formula is C16H26BrNO2. The van der Waals surface area contributed by atoms with E-state index in [4.69, 9.17) is 4.74 Å². The van der Waals surface area contributed by atoms with E-state index in [1.165, 1.54) is 32.1 Å². The number of fused-ring (bicyclic) bond motifs is 1. The first-order chi connectivity index (χ1) is 9.79. The second kappa shape index (κ2) is 6.78. The van der Waals surface area contributed by atoms with Gasteiger partial charge in [0.25, 0.3) is 0 Å². The summed E-state index contributed by atoms with van der Waals surface area (Å²) in [6.07, 6.45) is 9.11. The van der Waals surface area contributed by atoms with Crippen molar-refractivity contribution in [2.45, 2.75) is 51.0 Å². The fourth-order valence-electron chi connectivity index (χ4n) is 4.40. The second-order valence-electron chi connectivity index (χ2n) is 6.73. The summed E-state index contributed by atoms with van der Waals surface area (Å²) in [5.41, 5.74) is 0. The topological polar surface area (TPSA) is 29.5 Å². The molecule has 2 saturated carbocycles. The minimum absolute atomic E-state index is 0.236. The molecule has 1 aliphatic heterocycles. The van der Waals surface area contributed by atoms with E-state index in [0.717, 1.165) is 36.6 Å². The summed E-state index contributed by atoms with van der Waals surface area (Å²) in [6.45, 7) is 2.17. The first-order valence-electron chi connectivity index (χ1n) is 8.23. The Hall–Kier alpha value is -0.0900. The van der Waals surface area contributed by atoms with E-state index in [1.807, 2.05) is 0 Å². The third-order valence-electron chi connectivity index (χ3n) is 5.58. The molecule has 1 amide bonds. The lowest BCUT2D eigenvalue weighted by Gasteiger charge is -2.42. The average molecular weight is 344 g/mol. The minimum atomic E-state index is 0.236. The molecule has 4 unspecified atom stereocenters. The molecular weight excluding hydrogens is 318 g/mol. The van der Waals surface area contributed by atoms with Gasteiger partial charge in [0, 0.05) is 17.8 Å². The van der Waals surface area contributed by atoms with E-state index in [0.29, 0.717) is 19.1 Å². The Morgan fingerprint density at radius 1 is 1.15 bits per heavy atom. The number of rotatable bonds is 2. The van der Waals surface area contributed by atoms with E-state index in [2.05, 4.69) is 20.8 Å².